The van der Waals surface area contributed by atoms with Gasteiger partial charge in [0.05, 0.1) is 20.1 Å². The maximum atomic E-state index is 12.5. The molecule has 4 rings (SSSR count). The zero-order chi connectivity index (χ0) is 17.3. The monoisotopic (exact) mass is 368 g/mol. The molecular formula is C19H16N2O2S2. The first kappa shape index (κ1) is 16.2. The molecule has 0 atom stereocenters. The van der Waals surface area contributed by atoms with Crippen molar-refractivity contribution in [3.63, 3.8) is 0 Å². The van der Waals surface area contributed by atoms with Crippen molar-refractivity contribution in [2.45, 2.75) is 11.3 Å². The molecule has 0 spiro atoms. The van der Waals surface area contributed by atoms with Crippen LogP contribution in [-0.2, 0) is 16.4 Å². The van der Waals surface area contributed by atoms with Crippen LogP contribution in [0.3, 0.4) is 0 Å². The van der Waals surface area contributed by atoms with Gasteiger partial charge in [0.1, 0.15) is 0 Å². The molecule has 25 heavy (non-hydrogen) atoms. The molecule has 0 bridgehead atoms. The Balaban J connectivity index is 1.48. The SMILES string of the molecule is O=S(=O)(NCCc1nc2ccccc2s1)c1ccc2ccccc2c1. The first-order valence-corrected chi connectivity index (χ1v) is 10.2. The highest BCUT2D eigenvalue weighted by atomic mass is 32.2. The molecule has 0 saturated heterocycles. The van der Waals surface area contributed by atoms with Crippen molar-refractivity contribution in [1.82, 2.24) is 9.71 Å². The number of rotatable bonds is 5. The Morgan fingerprint density at radius 3 is 2.52 bits per heavy atom. The molecule has 1 aromatic heterocycles. The third-order valence-corrected chi connectivity index (χ3v) is 6.56. The Labute approximate surface area is 150 Å². The van der Waals surface area contributed by atoms with Gasteiger partial charge < -0.3 is 0 Å². The largest absolute Gasteiger partial charge is 0.241 e. The van der Waals surface area contributed by atoms with E-state index in [1.54, 1.807) is 23.5 Å². The molecule has 0 aliphatic heterocycles. The van der Waals surface area contributed by atoms with E-state index in [-0.39, 0.29) is 4.90 Å². The number of para-hydroxylation sites is 1. The summed E-state index contributed by atoms with van der Waals surface area (Å²) < 4.78 is 28.8. The number of thiazole rings is 1. The van der Waals surface area contributed by atoms with Gasteiger partial charge in [-0.1, -0.05) is 42.5 Å². The third-order valence-electron chi connectivity index (χ3n) is 4.00. The van der Waals surface area contributed by atoms with Gasteiger partial charge in [-0.3, -0.25) is 0 Å². The van der Waals surface area contributed by atoms with Crippen LogP contribution in [0.4, 0.5) is 0 Å². The van der Waals surface area contributed by atoms with Gasteiger partial charge in [-0.25, -0.2) is 18.1 Å². The number of hydrogen-bond donors (Lipinski definition) is 1. The van der Waals surface area contributed by atoms with Gasteiger partial charge in [-0.05, 0) is 35.0 Å². The van der Waals surface area contributed by atoms with Crippen LogP contribution in [0, 0.1) is 0 Å². The topological polar surface area (TPSA) is 59.1 Å². The molecule has 4 aromatic rings. The number of benzene rings is 3. The Hall–Kier alpha value is -2.28. The van der Waals surface area contributed by atoms with Gasteiger partial charge in [0, 0.05) is 13.0 Å². The summed E-state index contributed by atoms with van der Waals surface area (Å²) in [6.07, 6.45) is 0.576. The molecule has 4 nitrogen and oxygen atoms in total. The highest BCUT2D eigenvalue weighted by molar-refractivity contribution is 7.89. The van der Waals surface area contributed by atoms with Gasteiger partial charge in [0.15, 0.2) is 0 Å². The van der Waals surface area contributed by atoms with Crippen LogP contribution in [0.25, 0.3) is 21.0 Å². The highest BCUT2D eigenvalue weighted by Gasteiger charge is 2.14. The quantitative estimate of drug-likeness (QED) is 0.580. The number of nitrogens with zero attached hydrogens (tertiary/aromatic N) is 1. The molecule has 0 aliphatic carbocycles. The first-order chi connectivity index (χ1) is 12.1. The highest BCUT2D eigenvalue weighted by Crippen LogP contribution is 2.22. The summed E-state index contributed by atoms with van der Waals surface area (Å²) in [4.78, 5) is 4.82. The van der Waals surface area contributed by atoms with Crippen LogP contribution in [0.15, 0.2) is 71.6 Å². The number of aromatic nitrogens is 1. The zero-order valence-electron chi connectivity index (χ0n) is 13.3. The molecule has 3 aromatic carbocycles. The summed E-state index contributed by atoms with van der Waals surface area (Å²) in [5, 5.41) is 2.87. The van der Waals surface area contributed by atoms with Crippen molar-refractivity contribution in [1.29, 1.82) is 0 Å². The van der Waals surface area contributed by atoms with Gasteiger partial charge in [0.2, 0.25) is 10.0 Å². The van der Waals surface area contributed by atoms with E-state index in [0.29, 0.717) is 13.0 Å². The van der Waals surface area contributed by atoms with Crippen molar-refractivity contribution in [3.05, 3.63) is 71.7 Å². The van der Waals surface area contributed by atoms with E-state index in [9.17, 15) is 8.42 Å². The number of fused-ring (bicyclic) bond motifs is 2. The molecule has 126 valence electrons. The molecular weight excluding hydrogens is 352 g/mol. The maximum absolute atomic E-state index is 12.5. The fourth-order valence-corrected chi connectivity index (χ4v) is 4.77. The molecule has 0 aliphatic rings. The second kappa shape index (κ2) is 6.55. The Morgan fingerprint density at radius 1 is 0.920 bits per heavy atom. The molecule has 0 amide bonds. The molecule has 0 radical (unpaired) electrons. The lowest BCUT2D eigenvalue weighted by Gasteiger charge is -2.07. The maximum Gasteiger partial charge on any atom is 0.240 e. The van der Waals surface area contributed by atoms with E-state index in [4.69, 9.17) is 0 Å². The van der Waals surface area contributed by atoms with Crippen LogP contribution in [-0.4, -0.2) is 19.9 Å². The Morgan fingerprint density at radius 2 is 1.68 bits per heavy atom. The van der Waals surface area contributed by atoms with Crippen LogP contribution >= 0.6 is 11.3 Å². The van der Waals surface area contributed by atoms with Crippen molar-refractivity contribution >= 4 is 42.3 Å². The minimum atomic E-state index is -3.53. The van der Waals surface area contributed by atoms with Gasteiger partial charge in [0.25, 0.3) is 0 Å². The number of sulfonamides is 1. The second-order valence-electron chi connectivity index (χ2n) is 5.73. The Kier molecular flexibility index (Phi) is 4.25. The van der Waals surface area contributed by atoms with Gasteiger partial charge >= 0.3 is 0 Å². The van der Waals surface area contributed by atoms with Crippen molar-refractivity contribution in [2.24, 2.45) is 0 Å². The number of nitrogens with one attached hydrogen (secondary N) is 1. The summed E-state index contributed by atoms with van der Waals surface area (Å²) in [6, 6.07) is 20.8. The summed E-state index contributed by atoms with van der Waals surface area (Å²) in [5.74, 6) is 0. The van der Waals surface area contributed by atoms with E-state index in [1.165, 1.54) is 0 Å². The fraction of sp³-hybridized carbons (Fsp3) is 0.105. The van der Waals surface area contributed by atoms with Gasteiger partial charge in [-0.15, -0.1) is 11.3 Å². The third kappa shape index (κ3) is 3.42. The molecule has 0 saturated carbocycles. The van der Waals surface area contributed by atoms with Crippen molar-refractivity contribution in [2.75, 3.05) is 6.54 Å². The molecule has 0 unspecified atom stereocenters. The Bertz CT molecular complexity index is 1120. The van der Waals surface area contributed by atoms with Crippen molar-refractivity contribution < 1.29 is 8.42 Å². The van der Waals surface area contributed by atoms with E-state index in [0.717, 1.165) is 26.0 Å². The minimum Gasteiger partial charge on any atom is -0.241 e. The normalized spacial score (nSPS) is 12.0. The van der Waals surface area contributed by atoms with E-state index in [1.807, 2.05) is 54.6 Å². The van der Waals surface area contributed by atoms with Crippen LogP contribution < -0.4 is 4.72 Å². The van der Waals surface area contributed by atoms with E-state index in [2.05, 4.69) is 9.71 Å². The average molecular weight is 368 g/mol. The van der Waals surface area contributed by atoms with Crippen LogP contribution in [0.5, 0.6) is 0 Å². The van der Waals surface area contributed by atoms with Gasteiger partial charge in [-0.2, -0.15) is 0 Å². The molecule has 0 fully saturated rings. The summed E-state index contributed by atoms with van der Waals surface area (Å²) in [7, 11) is -3.53. The van der Waals surface area contributed by atoms with E-state index < -0.39 is 10.0 Å². The summed E-state index contributed by atoms with van der Waals surface area (Å²) in [6.45, 7) is 0.328. The van der Waals surface area contributed by atoms with Crippen molar-refractivity contribution in [3.8, 4) is 0 Å². The first-order valence-electron chi connectivity index (χ1n) is 7.95. The average Bonchev–Trinajstić information content (AvgIpc) is 3.04. The van der Waals surface area contributed by atoms with Crippen LogP contribution in [0.2, 0.25) is 0 Å². The predicted octanol–water partition coefficient (Wildman–Crippen LogP) is 3.97. The molecule has 1 heterocycles. The summed E-state index contributed by atoms with van der Waals surface area (Å²) in [5.41, 5.74) is 0.958. The minimum absolute atomic E-state index is 0.287. The lowest BCUT2D eigenvalue weighted by atomic mass is 10.1. The lowest BCUT2D eigenvalue weighted by molar-refractivity contribution is 0.582. The second-order valence-corrected chi connectivity index (χ2v) is 8.61. The zero-order valence-corrected chi connectivity index (χ0v) is 15.0. The van der Waals surface area contributed by atoms with Crippen LogP contribution in [0.1, 0.15) is 5.01 Å². The molecule has 6 heteroatoms. The standard InChI is InChI=1S/C19H16N2O2S2/c22-25(23,16-10-9-14-5-1-2-6-15(14)13-16)20-12-11-19-21-17-7-3-4-8-18(17)24-19/h1-10,13,20H,11-12H2. The summed E-state index contributed by atoms with van der Waals surface area (Å²) >= 11 is 1.60. The predicted molar refractivity (Wildman–Crippen MR) is 102 cm³/mol. The smallest absolute Gasteiger partial charge is 0.240 e. The number of hydrogen-bond acceptors (Lipinski definition) is 4. The lowest BCUT2D eigenvalue weighted by Crippen LogP contribution is -2.25. The fourth-order valence-electron chi connectivity index (χ4n) is 2.74. The van der Waals surface area contributed by atoms with E-state index >= 15 is 0 Å². The molecule has 1 N–H and O–H groups in total.